The van der Waals surface area contributed by atoms with E-state index in [1.807, 2.05) is 12.1 Å². The van der Waals surface area contributed by atoms with Crippen LogP contribution in [0.25, 0.3) is 11.4 Å². The minimum Gasteiger partial charge on any atom is -0.250 e. The van der Waals surface area contributed by atoms with E-state index in [-0.39, 0.29) is 5.82 Å². The first-order chi connectivity index (χ1) is 11.6. The molecule has 0 unspecified atom stereocenters. The van der Waals surface area contributed by atoms with E-state index in [1.165, 1.54) is 16.3 Å². The topological polar surface area (TPSA) is 46.0 Å². The van der Waals surface area contributed by atoms with Gasteiger partial charge >= 0.3 is 0 Å². The molecule has 3 rings (SSSR count). The average molecular weight is 340 g/mol. The molecular formula is C18H17FN4S. The molecule has 1 N–H and O–H groups in total. The van der Waals surface area contributed by atoms with Crippen molar-refractivity contribution in [2.45, 2.75) is 19.8 Å². The number of aromatic nitrogens is 3. The minimum atomic E-state index is -0.371. The molecule has 0 aliphatic rings. The van der Waals surface area contributed by atoms with Gasteiger partial charge in [0.25, 0.3) is 0 Å². The van der Waals surface area contributed by atoms with Gasteiger partial charge in [0, 0.05) is 0 Å². The highest BCUT2D eigenvalue weighted by molar-refractivity contribution is 7.71. The van der Waals surface area contributed by atoms with Crippen molar-refractivity contribution in [3.05, 3.63) is 70.2 Å². The third-order valence-corrected chi connectivity index (χ3v) is 3.95. The molecule has 0 aliphatic heterocycles. The number of halogens is 1. The van der Waals surface area contributed by atoms with Gasteiger partial charge in [0.05, 0.1) is 11.8 Å². The Morgan fingerprint density at radius 1 is 1.17 bits per heavy atom. The number of nitrogens with one attached hydrogen (secondary N) is 1. The number of hydrogen-bond donors (Lipinski definition) is 1. The van der Waals surface area contributed by atoms with Crippen molar-refractivity contribution < 1.29 is 4.39 Å². The highest BCUT2D eigenvalue weighted by Crippen LogP contribution is 2.20. The highest BCUT2D eigenvalue weighted by atomic mass is 32.1. The summed E-state index contributed by atoms with van der Waals surface area (Å²) in [6, 6.07) is 14.5. The first kappa shape index (κ1) is 16.3. The second kappa shape index (κ2) is 6.88. The summed E-state index contributed by atoms with van der Waals surface area (Å²) in [4.78, 5) is 0. The molecule has 0 aliphatic carbocycles. The number of aromatic amines is 1. The van der Waals surface area contributed by atoms with Gasteiger partial charge in [-0.25, -0.2) is 9.49 Å². The van der Waals surface area contributed by atoms with Gasteiger partial charge in [-0.05, 0) is 41.4 Å². The molecule has 1 aromatic heterocycles. The van der Waals surface area contributed by atoms with Gasteiger partial charge in [0.15, 0.2) is 5.82 Å². The maximum absolute atomic E-state index is 14.0. The smallest absolute Gasteiger partial charge is 0.216 e. The quantitative estimate of drug-likeness (QED) is 0.550. The fraction of sp³-hybridized carbons (Fsp3) is 0.167. The predicted octanol–water partition coefficient (Wildman–Crippen LogP) is 4.75. The van der Waals surface area contributed by atoms with Crippen LogP contribution in [0.2, 0.25) is 0 Å². The standard InChI is InChI=1S/C18H17FN4S/c1-12(2)14-9-7-13(8-10-14)11-20-23-17(21-22-18(23)24)15-5-3-4-6-16(15)19/h3-12H,1-2H3,(H,22,24)/b20-11-. The molecule has 1 heterocycles. The molecule has 3 aromatic rings. The molecule has 0 radical (unpaired) electrons. The van der Waals surface area contributed by atoms with E-state index in [0.29, 0.717) is 22.1 Å². The molecule has 0 spiro atoms. The largest absolute Gasteiger partial charge is 0.250 e. The summed E-state index contributed by atoms with van der Waals surface area (Å²) in [6.45, 7) is 4.29. The van der Waals surface area contributed by atoms with E-state index < -0.39 is 0 Å². The Labute approximate surface area is 144 Å². The molecule has 122 valence electrons. The van der Waals surface area contributed by atoms with E-state index >= 15 is 0 Å². The Morgan fingerprint density at radius 2 is 1.88 bits per heavy atom. The van der Waals surface area contributed by atoms with Gasteiger partial charge in [-0.15, -0.1) is 0 Å². The lowest BCUT2D eigenvalue weighted by Crippen LogP contribution is -1.97. The van der Waals surface area contributed by atoms with Crippen LogP contribution in [-0.2, 0) is 0 Å². The van der Waals surface area contributed by atoms with Crippen LogP contribution >= 0.6 is 12.2 Å². The Kier molecular flexibility index (Phi) is 4.66. The van der Waals surface area contributed by atoms with Crippen molar-refractivity contribution in [2.75, 3.05) is 0 Å². The highest BCUT2D eigenvalue weighted by Gasteiger charge is 2.12. The summed E-state index contributed by atoms with van der Waals surface area (Å²) in [7, 11) is 0. The lowest BCUT2D eigenvalue weighted by Gasteiger charge is -2.05. The molecule has 0 saturated carbocycles. The molecule has 0 fully saturated rings. The van der Waals surface area contributed by atoms with Gasteiger partial charge in [-0.3, -0.25) is 0 Å². The maximum atomic E-state index is 14.0. The van der Waals surface area contributed by atoms with Gasteiger partial charge in [0.2, 0.25) is 4.77 Å². The average Bonchev–Trinajstić information content (AvgIpc) is 2.94. The van der Waals surface area contributed by atoms with Crippen LogP contribution < -0.4 is 0 Å². The van der Waals surface area contributed by atoms with Crippen LogP contribution in [0.1, 0.15) is 30.9 Å². The van der Waals surface area contributed by atoms with E-state index in [2.05, 4.69) is 41.3 Å². The van der Waals surface area contributed by atoms with Gasteiger partial charge < -0.3 is 0 Å². The van der Waals surface area contributed by atoms with Crippen LogP contribution in [0.3, 0.4) is 0 Å². The number of nitrogens with zero attached hydrogens (tertiary/aromatic N) is 3. The fourth-order valence-corrected chi connectivity index (χ4v) is 2.49. The third kappa shape index (κ3) is 3.33. The Morgan fingerprint density at radius 3 is 2.54 bits per heavy atom. The summed E-state index contributed by atoms with van der Waals surface area (Å²) in [5.74, 6) is 0.448. The van der Waals surface area contributed by atoms with Gasteiger partial charge in [0.1, 0.15) is 5.82 Å². The Bertz CT molecular complexity index is 923. The van der Waals surface area contributed by atoms with Crippen LogP contribution in [-0.4, -0.2) is 21.1 Å². The molecule has 0 amide bonds. The molecule has 6 heteroatoms. The molecule has 24 heavy (non-hydrogen) atoms. The second-order valence-electron chi connectivity index (χ2n) is 5.71. The van der Waals surface area contributed by atoms with E-state index in [9.17, 15) is 4.39 Å². The SMILES string of the molecule is CC(C)c1ccc(/C=N\n2c(-c3ccccc3F)n[nH]c2=S)cc1. The summed E-state index contributed by atoms with van der Waals surface area (Å²) in [5.41, 5.74) is 2.54. The van der Waals surface area contributed by atoms with Crippen molar-refractivity contribution in [3.8, 4) is 11.4 Å². The molecule has 2 aromatic carbocycles. The summed E-state index contributed by atoms with van der Waals surface area (Å²) in [6.07, 6.45) is 1.68. The van der Waals surface area contributed by atoms with Crippen molar-refractivity contribution in [1.82, 2.24) is 14.9 Å². The second-order valence-corrected chi connectivity index (χ2v) is 6.10. The van der Waals surface area contributed by atoms with Crippen molar-refractivity contribution in [1.29, 1.82) is 0 Å². The zero-order chi connectivity index (χ0) is 17.1. The third-order valence-electron chi connectivity index (χ3n) is 3.69. The predicted molar refractivity (Wildman–Crippen MR) is 96.3 cm³/mol. The Balaban J connectivity index is 1.95. The van der Waals surface area contributed by atoms with Crippen molar-refractivity contribution in [3.63, 3.8) is 0 Å². The van der Waals surface area contributed by atoms with Crippen LogP contribution in [0.15, 0.2) is 53.6 Å². The van der Waals surface area contributed by atoms with Crippen LogP contribution in [0.5, 0.6) is 0 Å². The molecule has 0 bridgehead atoms. The number of benzene rings is 2. The maximum Gasteiger partial charge on any atom is 0.216 e. The zero-order valence-corrected chi connectivity index (χ0v) is 14.2. The summed E-state index contributed by atoms with van der Waals surface area (Å²) >= 11 is 5.20. The Hall–Kier alpha value is -2.60. The number of H-pyrrole nitrogens is 1. The first-order valence-electron chi connectivity index (χ1n) is 7.63. The van der Waals surface area contributed by atoms with Crippen LogP contribution in [0.4, 0.5) is 4.39 Å². The van der Waals surface area contributed by atoms with E-state index in [1.54, 1.807) is 24.4 Å². The zero-order valence-electron chi connectivity index (χ0n) is 13.4. The molecule has 0 atom stereocenters. The monoisotopic (exact) mass is 340 g/mol. The molecular weight excluding hydrogens is 323 g/mol. The number of rotatable bonds is 4. The van der Waals surface area contributed by atoms with E-state index in [0.717, 1.165) is 5.56 Å². The van der Waals surface area contributed by atoms with Gasteiger partial charge in [-0.2, -0.15) is 14.9 Å². The fourth-order valence-electron chi connectivity index (χ4n) is 2.31. The molecule has 0 saturated heterocycles. The van der Waals surface area contributed by atoms with Gasteiger partial charge in [-0.1, -0.05) is 50.2 Å². The lowest BCUT2D eigenvalue weighted by molar-refractivity contribution is 0.628. The van der Waals surface area contributed by atoms with Crippen molar-refractivity contribution in [2.24, 2.45) is 5.10 Å². The summed E-state index contributed by atoms with van der Waals surface area (Å²) < 4.78 is 15.7. The van der Waals surface area contributed by atoms with Crippen LogP contribution in [0, 0.1) is 10.6 Å². The summed E-state index contributed by atoms with van der Waals surface area (Å²) in [5, 5.41) is 11.1. The lowest BCUT2D eigenvalue weighted by atomic mass is 10.0. The first-order valence-corrected chi connectivity index (χ1v) is 8.03. The minimum absolute atomic E-state index is 0.309. The number of hydrogen-bond acceptors (Lipinski definition) is 3. The van der Waals surface area contributed by atoms with E-state index in [4.69, 9.17) is 12.2 Å². The van der Waals surface area contributed by atoms with Crippen molar-refractivity contribution >= 4 is 18.4 Å². The normalized spacial score (nSPS) is 11.5. The molecule has 4 nitrogen and oxygen atoms in total.